The number of rotatable bonds is 4. The highest BCUT2D eigenvalue weighted by molar-refractivity contribution is 6.09. The molecule has 9 nitrogen and oxygen atoms in total. The second-order valence-electron chi connectivity index (χ2n) is 8.37. The van der Waals surface area contributed by atoms with Gasteiger partial charge in [0.1, 0.15) is 28.6 Å². The predicted octanol–water partition coefficient (Wildman–Crippen LogP) is 4.10. The average molecular weight is 485 g/mol. The summed E-state index contributed by atoms with van der Waals surface area (Å²) in [7, 11) is 0. The maximum Gasteiger partial charge on any atom is 0.264 e. The van der Waals surface area contributed by atoms with E-state index in [1.807, 2.05) is 30.3 Å². The van der Waals surface area contributed by atoms with Crippen LogP contribution in [0.5, 0.6) is 11.6 Å². The predicted molar refractivity (Wildman–Crippen MR) is 126 cm³/mol. The maximum atomic E-state index is 14.2. The standard InChI is InChI=1S/C25H17F2N7O2/c1-25(13-5-3-2-4-6-13)18-19(28)31-20(32-21(18)33-24(25)35)16-12-34-10-9-29-22(34)23(30-16)36-17-11-14(26)7-8-15(17)27/h2-12H,1H3,(H3,28,31,32,33,35). The molecule has 1 atom stereocenters. The van der Waals surface area contributed by atoms with Gasteiger partial charge in [-0.15, -0.1) is 0 Å². The van der Waals surface area contributed by atoms with Crippen LogP contribution in [0.2, 0.25) is 0 Å². The molecule has 11 heteroatoms. The van der Waals surface area contributed by atoms with Gasteiger partial charge in [-0.2, -0.15) is 0 Å². The molecule has 178 valence electrons. The summed E-state index contributed by atoms with van der Waals surface area (Å²) in [6, 6.07) is 12.1. The van der Waals surface area contributed by atoms with E-state index >= 15 is 0 Å². The largest absolute Gasteiger partial charge is 0.433 e. The van der Waals surface area contributed by atoms with E-state index in [0.29, 0.717) is 5.56 Å². The SMILES string of the molecule is CC1(c2ccccc2)C(=O)Nc2nc(-c3cn4ccnc4c(Oc4cc(F)ccc4F)n3)nc(N)c21. The Labute approximate surface area is 202 Å². The van der Waals surface area contributed by atoms with Gasteiger partial charge in [-0.1, -0.05) is 30.3 Å². The summed E-state index contributed by atoms with van der Waals surface area (Å²) in [5.41, 5.74) is 6.97. The van der Waals surface area contributed by atoms with E-state index in [0.717, 1.165) is 23.8 Å². The number of amides is 1. The van der Waals surface area contributed by atoms with Crippen LogP contribution in [0.4, 0.5) is 20.4 Å². The number of hydrogen-bond donors (Lipinski definition) is 2. The third-order valence-electron chi connectivity index (χ3n) is 6.15. The molecule has 6 rings (SSSR count). The number of nitrogens with zero attached hydrogens (tertiary/aromatic N) is 5. The van der Waals surface area contributed by atoms with Crippen molar-refractivity contribution in [3.8, 4) is 23.1 Å². The highest BCUT2D eigenvalue weighted by Gasteiger charge is 2.47. The fraction of sp³-hybridized carbons (Fsp3) is 0.0800. The lowest BCUT2D eigenvalue weighted by Gasteiger charge is -2.23. The van der Waals surface area contributed by atoms with Crippen molar-refractivity contribution in [2.24, 2.45) is 0 Å². The first kappa shape index (κ1) is 21.6. The molecule has 1 aliphatic rings. The highest BCUT2D eigenvalue weighted by Crippen LogP contribution is 2.44. The summed E-state index contributed by atoms with van der Waals surface area (Å²) < 4.78 is 35.1. The minimum absolute atomic E-state index is 0.0946. The van der Waals surface area contributed by atoms with E-state index in [2.05, 4.69) is 25.3 Å². The van der Waals surface area contributed by atoms with Gasteiger partial charge in [0.15, 0.2) is 17.4 Å². The van der Waals surface area contributed by atoms with E-state index < -0.39 is 17.0 Å². The molecule has 3 aromatic heterocycles. The Bertz CT molecular complexity index is 1670. The van der Waals surface area contributed by atoms with Crippen molar-refractivity contribution >= 4 is 23.2 Å². The van der Waals surface area contributed by atoms with Gasteiger partial charge in [0.25, 0.3) is 5.88 Å². The Hall–Kier alpha value is -4.93. The van der Waals surface area contributed by atoms with Crippen LogP contribution in [0.15, 0.2) is 67.1 Å². The Morgan fingerprint density at radius 2 is 1.89 bits per heavy atom. The summed E-state index contributed by atoms with van der Waals surface area (Å²) in [5.74, 6) is -1.71. The quantitative estimate of drug-likeness (QED) is 0.393. The smallest absolute Gasteiger partial charge is 0.264 e. The molecule has 0 aliphatic carbocycles. The first-order valence-electron chi connectivity index (χ1n) is 10.9. The minimum atomic E-state index is -1.08. The molecule has 0 bridgehead atoms. The second-order valence-corrected chi connectivity index (χ2v) is 8.37. The lowest BCUT2D eigenvalue weighted by atomic mass is 9.78. The van der Waals surface area contributed by atoms with Gasteiger partial charge in [-0.3, -0.25) is 4.79 Å². The van der Waals surface area contributed by atoms with E-state index in [4.69, 9.17) is 10.5 Å². The van der Waals surface area contributed by atoms with Gasteiger partial charge in [-0.25, -0.2) is 28.7 Å². The van der Waals surface area contributed by atoms with Crippen LogP contribution in [0.3, 0.4) is 0 Å². The van der Waals surface area contributed by atoms with Crippen molar-refractivity contribution in [3.63, 3.8) is 0 Å². The Balaban J connectivity index is 1.47. The third-order valence-corrected chi connectivity index (χ3v) is 6.15. The fourth-order valence-corrected chi connectivity index (χ4v) is 4.31. The summed E-state index contributed by atoms with van der Waals surface area (Å²) >= 11 is 0. The van der Waals surface area contributed by atoms with Gasteiger partial charge < -0.3 is 20.2 Å². The molecule has 1 amide bonds. The van der Waals surface area contributed by atoms with Crippen LogP contribution in [0.1, 0.15) is 18.1 Å². The van der Waals surface area contributed by atoms with Crippen LogP contribution in [-0.4, -0.2) is 30.2 Å². The van der Waals surface area contributed by atoms with E-state index in [-0.39, 0.29) is 46.3 Å². The number of anilines is 2. The number of benzene rings is 2. The third kappa shape index (κ3) is 3.24. The number of carbonyl (C=O) groups is 1. The number of carbonyl (C=O) groups excluding carboxylic acids is 1. The van der Waals surface area contributed by atoms with Gasteiger partial charge in [-0.05, 0) is 24.6 Å². The Morgan fingerprint density at radius 1 is 1.08 bits per heavy atom. The maximum absolute atomic E-state index is 14.2. The number of halogens is 2. The number of hydrogen-bond acceptors (Lipinski definition) is 7. The lowest BCUT2D eigenvalue weighted by molar-refractivity contribution is -0.119. The molecule has 5 aromatic rings. The van der Waals surface area contributed by atoms with Crippen LogP contribution in [0.25, 0.3) is 17.2 Å². The molecule has 1 unspecified atom stereocenters. The molecule has 0 spiro atoms. The molecule has 2 aromatic carbocycles. The topological polar surface area (TPSA) is 120 Å². The number of ether oxygens (including phenoxy) is 1. The van der Waals surface area contributed by atoms with Crippen molar-refractivity contribution < 1.29 is 18.3 Å². The van der Waals surface area contributed by atoms with Crippen LogP contribution >= 0.6 is 0 Å². The van der Waals surface area contributed by atoms with Gasteiger partial charge in [0.2, 0.25) is 11.6 Å². The van der Waals surface area contributed by atoms with Crippen molar-refractivity contribution in [2.75, 3.05) is 11.1 Å². The Kier molecular flexibility index (Phi) is 4.68. The Morgan fingerprint density at radius 3 is 2.69 bits per heavy atom. The van der Waals surface area contributed by atoms with Crippen LogP contribution in [-0.2, 0) is 10.2 Å². The zero-order valence-electron chi connectivity index (χ0n) is 18.7. The zero-order chi connectivity index (χ0) is 25.0. The van der Waals surface area contributed by atoms with E-state index in [1.54, 1.807) is 23.7 Å². The molecule has 0 saturated carbocycles. The number of aromatic nitrogens is 5. The summed E-state index contributed by atoms with van der Waals surface area (Å²) in [5, 5.41) is 2.80. The number of fused-ring (bicyclic) bond motifs is 2. The number of imidazole rings is 1. The normalized spacial score (nSPS) is 16.7. The molecular formula is C25H17F2N7O2. The van der Waals surface area contributed by atoms with Gasteiger partial charge in [0.05, 0.1) is 5.56 Å². The summed E-state index contributed by atoms with van der Waals surface area (Å²) in [6.45, 7) is 1.76. The molecular weight excluding hydrogens is 468 g/mol. The van der Waals surface area contributed by atoms with Crippen molar-refractivity contribution in [3.05, 3.63) is 89.9 Å². The molecule has 0 saturated heterocycles. The second kappa shape index (κ2) is 7.80. The average Bonchev–Trinajstić information content (AvgIpc) is 3.45. The van der Waals surface area contributed by atoms with Crippen molar-refractivity contribution in [2.45, 2.75) is 12.3 Å². The van der Waals surface area contributed by atoms with Gasteiger partial charge >= 0.3 is 0 Å². The molecule has 36 heavy (non-hydrogen) atoms. The minimum Gasteiger partial charge on any atom is -0.433 e. The number of nitrogens with two attached hydrogens (primary N) is 1. The van der Waals surface area contributed by atoms with Crippen LogP contribution in [0, 0.1) is 11.6 Å². The summed E-state index contributed by atoms with van der Waals surface area (Å²) in [6.07, 6.45) is 4.71. The number of nitrogens with one attached hydrogen (secondary N) is 1. The molecule has 4 heterocycles. The lowest BCUT2D eigenvalue weighted by Crippen LogP contribution is -2.32. The van der Waals surface area contributed by atoms with Crippen LogP contribution < -0.4 is 15.8 Å². The highest BCUT2D eigenvalue weighted by atomic mass is 19.1. The zero-order valence-corrected chi connectivity index (χ0v) is 18.7. The fourth-order valence-electron chi connectivity index (χ4n) is 4.31. The first-order chi connectivity index (χ1) is 17.3. The number of nitrogen functional groups attached to an aromatic ring is 1. The van der Waals surface area contributed by atoms with Crippen molar-refractivity contribution in [1.29, 1.82) is 0 Å². The van der Waals surface area contributed by atoms with Gasteiger partial charge in [0, 0.05) is 24.7 Å². The monoisotopic (exact) mass is 485 g/mol. The molecule has 3 N–H and O–H groups in total. The molecule has 0 radical (unpaired) electrons. The summed E-state index contributed by atoms with van der Waals surface area (Å²) in [4.78, 5) is 30.6. The first-order valence-corrected chi connectivity index (χ1v) is 10.9. The molecule has 1 aliphatic heterocycles. The molecule has 0 fully saturated rings. The van der Waals surface area contributed by atoms with Crippen molar-refractivity contribution in [1.82, 2.24) is 24.3 Å². The van der Waals surface area contributed by atoms with E-state index in [9.17, 15) is 13.6 Å². The van der Waals surface area contributed by atoms with E-state index in [1.165, 1.54) is 6.20 Å².